The Balaban J connectivity index is 2.66. The molecular weight excluding hydrogens is 204 g/mol. The number of hydrogen-bond acceptors (Lipinski definition) is 2. The fraction of sp³-hybridized carbons (Fsp3) is 1.00. The fourth-order valence-corrected chi connectivity index (χ4v) is 6.79. The first-order valence-electron chi connectivity index (χ1n) is 6.28. The van der Waals surface area contributed by atoms with E-state index in [9.17, 15) is 0 Å². The summed E-state index contributed by atoms with van der Waals surface area (Å²) in [4.78, 5) is 0. The summed E-state index contributed by atoms with van der Waals surface area (Å²) in [5, 5.41) is 0. The summed E-state index contributed by atoms with van der Waals surface area (Å²) in [6.45, 7) is 4.57. The molecule has 0 N–H and O–H groups in total. The summed E-state index contributed by atoms with van der Waals surface area (Å²) in [5.74, 6) is 0.733. The molecule has 0 aromatic carbocycles. The third-order valence-electron chi connectivity index (χ3n) is 4.00. The Morgan fingerprint density at radius 1 is 1.20 bits per heavy atom. The molecule has 1 atom stereocenters. The van der Waals surface area contributed by atoms with Gasteiger partial charge in [0.2, 0.25) is 0 Å². The molecule has 0 radical (unpaired) electrons. The van der Waals surface area contributed by atoms with Gasteiger partial charge in [-0.05, 0) is 24.8 Å². The minimum Gasteiger partial charge on any atom is -0.397 e. The third kappa shape index (κ3) is 3.05. The van der Waals surface area contributed by atoms with Crippen LogP contribution in [-0.4, -0.2) is 22.8 Å². The van der Waals surface area contributed by atoms with E-state index >= 15 is 0 Å². The predicted octanol–water partition coefficient (Wildman–Crippen LogP) is 3.71. The average Bonchev–Trinajstić information content (AvgIpc) is 2.79. The maximum atomic E-state index is 5.86. The second-order valence-electron chi connectivity index (χ2n) is 4.92. The van der Waals surface area contributed by atoms with Crippen molar-refractivity contribution in [3.05, 3.63) is 0 Å². The molecule has 0 aromatic rings. The minimum atomic E-state index is -1.89. The number of hydrogen-bond donors (Lipinski definition) is 0. The van der Waals surface area contributed by atoms with Gasteiger partial charge < -0.3 is 8.85 Å². The molecule has 0 aliphatic heterocycles. The van der Waals surface area contributed by atoms with E-state index < -0.39 is 8.56 Å². The smallest absolute Gasteiger partial charge is 0.341 e. The van der Waals surface area contributed by atoms with Gasteiger partial charge in [0.1, 0.15) is 0 Å². The SMILES string of the molecule is CCC(C)C[Si](OC)(OC)C1CCCC1. The molecule has 1 saturated carbocycles. The van der Waals surface area contributed by atoms with Crippen LogP contribution in [-0.2, 0) is 8.85 Å². The first kappa shape index (κ1) is 13.2. The van der Waals surface area contributed by atoms with E-state index in [-0.39, 0.29) is 0 Å². The zero-order chi connectivity index (χ0) is 11.3. The largest absolute Gasteiger partial charge is 0.397 e. The van der Waals surface area contributed by atoms with Gasteiger partial charge >= 0.3 is 8.56 Å². The molecule has 2 nitrogen and oxygen atoms in total. The van der Waals surface area contributed by atoms with Crippen molar-refractivity contribution >= 4 is 8.56 Å². The molecule has 0 amide bonds. The highest BCUT2D eigenvalue weighted by Crippen LogP contribution is 2.42. The maximum Gasteiger partial charge on any atom is 0.341 e. The second-order valence-corrected chi connectivity index (χ2v) is 8.58. The van der Waals surface area contributed by atoms with Crippen LogP contribution < -0.4 is 0 Å². The van der Waals surface area contributed by atoms with Crippen LogP contribution in [0.15, 0.2) is 0 Å². The van der Waals surface area contributed by atoms with E-state index in [1.807, 2.05) is 14.2 Å². The van der Waals surface area contributed by atoms with Crippen LogP contribution in [0.25, 0.3) is 0 Å². The number of rotatable bonds is 6. The van der Waals surface area contributed by atoms with E-state index in [4.69, 9.17) is 8.85 Å². The van der Waals surface area contributed by atoms with E-state index in [1.165, 1.54) is 38.1 Å². The van der Waals surface area contributed by atoms with Gasteiger partial charge in [0.15, 0.2) is 0 Å². The molecule has 1 aliphatic carbocycles. The summed E-state index contributed by atoms with van der Waals surface area (Å²) < 4.78 is 11.7. The van der Waals surface area contributed by atoms with Gasteiger partial charge in [-0.25, -0.2) is 0 Å². The molecule has 90 valence electrons. The normalized spacial score (nSPS) is 20.8. The monoisotopic (exact) mass is 230 g/mol. The second kappa shape index (κ2) is 6.02. The Kier molecular flexibility index (Phi) is 5.30. The van der Waals surface area contributed by atoms with Crippen LogP contribution in [0.4, 0.5) is 0 Å². The van der Waals surface area contributed by atoms with Crippen LogP contribution in [0.1, 0.15) is 46.0 Å². The standard InChI is InChI=1S/C12H26O2Si/c1-5-11(2)10-15(13-3,14-4)12-8-6-7-9-12/h11-12H,5-10H2,1-4H3. The molecule has 0 saturated heterocycles. The quantitative estimate of drug-likeness (QED) is 0.648. The van der Waals surface area contributed by atoms with Crippen molar-refractivity contribution in [2.45, 2.75) is 57.5 Å². The van der Waals surface area contributed by atoms with Gasteiger partial charge in [0.05, 0.1) is 0 Å². The van der Waals surface area contributed by atoms with Crippen molar-refractivity contribution in [3.63, 3.8) is 0 Å². The minimum absolute atomic E-state index is 0.733. The molecule has 15 heavy (non-hydrogen) atoms. The van der Waals surface area contributed by atoms with E-state index in [0.717, 1.165) is 11.5 Å². The highest BCUT2D eigenvalue weighted by molar-refractivity contribution is 6.69. The summed E-state index contributed by atoms with van der Waals surface area (Å²) in [7, 11) is 1.82. The van der Waals surface area contributed by atoms with Crippen LogP contribution >= 0.6 is 0 Å². The predicted molar refractivity (Wildman–Crippen MR) is 66.3 cm³/mol. The van der Waals surface area contributed by atoms with Crippen LogP contribution in [0.2, 0.25) is 11.6 Å². The Bertz CT molecular complexity index is 174. The first-order chi connectivity index (χ1) is 7.18. The summed E-state index contributed by atoms with van der Waals surface area (Å²) in [6.07, 6.45) is 6.61. The summed E-state index contributed by atoms with van der Waals surface area (Å²) in [6, 6.07) is 1.17. The highest BCUT2D eigenvalue weighted by atomic mass is 28.4. The van der Waals surface area contributed by atoms with Gasteiger partial charge in [-0.2, -0.15) is 0 Å². The van der Waals surface area contributed by atoms with E-state index in [0.29, 0.717) is 0 Å². The van der Waals surface area contributed by atoms with E-state index in [1.54, 1.807) is 0 Å². The zero-order valence-corrected chi connectivity index (χ0v) is 11.7. The van der Waals surface area contributed by atoms with Gasteiger partial charge in [-0.15, -0.1) is 0 Å². The topological polar surface area (TPSA) is 18.5 Å². The molecule has 0 spiro atoms. The zero-order valence-electron chi connectivity index (χ0n) is 10.7. The molecular formula is C12H26O2Si. The lowest BCUT2D eigenvalue weighted by molar-refractivity contribution is 0.221. The third-order valence-corrected chi connectivity index (χ3v) is 8.47. The average molecular weight is 230 g/mol. The van der Waals surface area contributed by atoms with Gasteiger partial charge in [0, 0.05) is 19.8 Å². The Labute approximate surface area is 95.6 Å². The van der Waals surface area contributed by atoms with Gasteiger partial charge in [0.25, 0.3) is 0 Å². The molecule has 3 heteroatoms. The Hall–Kier alpha value is 0.137. The van der Waals surface area contributed by atoms with Crippen LogP contribution in [0.3, 0.4) is 0 Å². The van der Waals surface area contributed by atoms with Gasteiger partial charge in [-0.1, -0.05) is 33.1 Å². The lowest BCUT2D eigenvalue weighted by atomic mass is 10.2. The molecule has 1 aliphatic rings. The van der Waals surface area contributed by atoms with Crippen molar-refractivity contribution in [2.75, 3.05) is 14.2 Å². The fourth-order valence-electron chi connectivity index (χ4n) is 2.75. The lowest BCUT2D eigenvalue weighted by Gasteiger charge is -2.34. The lowest BCUT2D eigenvalue weighted by Crippen LogP contribution is -2.45. The molecule has 0 heterocycles. The van der Waals surface area contributed by atoms with Crippen molar-refractivity contribution in [3.8, 4) is 0 Å². The molecule has 0 aromatic heterocycles. The van der Waals surface area contributed by atoms with E-state index in [2.05, 4.69) is 13.8 Å². The van der Waals surface area contributed by atoms with Crippen molar-refractivity contribution < 1.29 is 8.85 Å². The van der Waals surface area contributed by atoms with Crippen molar-refractivity contribution in [1.82, 2.24) is 0 Å². The maximum absolute atomic E-state index is 5.86. The Morgan fingerprint density at radius 2 is 1.73 bits per heavy atom. The molecule has 0 bridgehead atoms. The molecule has 1 unspecified atom stereocenters. The molecule has 1 fully saturated rings. The highest BCUT2D eigenvalue weighted by Gasteiger charge is 2.45. The summed E-state index contributed by atoms with van der Waals surface area (Å²) >= 11 is 0. The van der Waals surface area contributed by atoms with Crippen molar-refractivity contribution in [2.24, 2.45) is 5.92 Å². The van der Waals surface area contributed by atoms with Crippen LogP contribution in [0, 0.1) is 5.92 Å². The van der Waals surface area contributed by atoms with Crippen molar-refractivity contribution in [1.29, 1.82) is 0 Å². The van der Waals surface area contributed by atoms with Gasteiger partial charge in [-0.3, -0.25) is 0 Å². The molecule has 1 rings (SSSR count). The summed E-state index contributed by atoms with van der Waals surface area (Å²) in [5.41, 5.74) is 0.737. The first-order valence-corrected chi connectivity index (χ1v) is 8.39. The Morgan fingerprint density at radius 3 is 2.13 bits per heavy atom. The van der Waals surface area contributed by atoms with Crippen LogP contribution in [0.5, 0.6) is 0 Å².